The second kappa shape index (κ2) is 8.61. The van der Waals surface area contributed by atoms with E-state index < -0.39 is 11.5 Å². The van der Waals surface area contributed by atoms with Gasteiger partial charge in [0.15, 0.2) is 0 Å². The largest absolute Gasteiger partial charge is 0.465 e. The summed E-state index contributed by atoms with van der Waals surface area (Å²) in [6, 6.07) is 9.42. The van der Waals surface area contributed by atoms with Gasteiger partial charge in [0.1, 0.15) is 0 Å². The summed E-state index contributed by atoms with van der Waals surface area (Å²) in [4.78, 5) is 29.1. The Hall–Kier alpha value is -2.60. The molecule has 0 bridgehead atoms. The van der Waals surface area contributed by atoms with E-state index in [1.54, 1.807) is 11.1 Å². The van der Waals surface area contributed by atoms with Gasteiger partial charge >= 0.3 is 12.1 Å². The smallest absolute Gasteiger partial charge is 0.414 e. The molecule has 1 amide bonds. The second-order valence-electron chi connectivity index (χ2n) is 7.28. The number of esters is 1. The first kappa shape index (κ1) is 20.1. The Kier molecular flexibility index (Phi) is 6.19. The van der Waals surface area contributed by atoms with E-state index >= 15 is 0 Å². The molecule has 1 fully saturated rings. The Morgan fingerprint density at radius 3 is 2.46 bits per heavy atom. The van der Waals surface area contributed by atoms with Crippen LogP contribution in [-0.4, -0.2) is 55.7 Å². The topological polar surface area (TPSA) is 59.1 Å². The lowest BCUT2D eigenvalue weighted by Gasteiger charge is -2.41. The molecule has 0 aliphatic carbocycles. The van der Waals surface area contributed by atoms with Gasteiger partial charge in [0, 0.05) is 6.20 Å². The average Bonchev–Trinajstić information content (AvgIpc) is 2.74. The van der Waals surface area contributed by atoms with Crippen molar-refractivity contribution in [1.82, 2.24) is 9.80 Å². The fourth-order valence-electron chi connectivity index (χ4n) is 3.95. The molecule has 2 aliphatic rings. The van der Waals surface area contributed by atoms with E-state index in [2.05, 4.69) is 11.9 Å². The third-order valence-electron chi connectivity index (χ3n) is 5.64. The lowest BCUT2D eigenvalue weighted by atomic mass is 9.71. The number of ether oxygens (including phenoxy) is 2. The molecule has 2 heterocycles. The molecule has 1 atom stereocenters. The van der Waals surface area contributed by atoms with E-state index in [9.17, 15) is 9.59 Å². The molecular formula is C22H28N2O4. The predicted octanol–water partition coefficient (Wildman–Crippen LogP) is 3.52. The van der Waals surface area contributed by atoms with Crippen LogP contribution in [0.5, 0.6) is 0 Å². The molecule has 6 heteroatoms. The van der Waals surface area contributed by atoms with Crippen molar-refractivity contribution in [1.29, 1.82) is 0 Å². The minimum atomic E-state index is -0.686. The van der Waals surface area contributed by atoms with E-state index in [1.807, 2.05) is 49.4 Å². The fourth-order valence-corrected chi connectivity index (χ4v) is 3.95. The molecule has 0 N–H and O–H groups in total. The number of likely N-dealkylation sites (tertiary alicyclic amines) is 1. The summed E-state index contributed by atoms with van der Waals surface area (Å²) in [5, 5.41) is 0. The van der Waals surface area contributed by atoms with Gasteiger partial charge in [0.2, 0.25) is 0 Å². The van der Waals surface area contributed by atoms with Crippen molar-refractivity contribution < 1.29 is 19.1 Å². The standard InChI is InChI=1S/C22H28N2O4/c1-4-28-20(25)22(11-14-23(2)15-12-22)18-10-13-24(21(26)27-3)19(16-18)17-8-6-5-7-9-17/h5-10,13,16,19H,4,11-12,14-15H2,1-3H3. The van der Waals surface area contributed by atoms with Crippen LogP contribution < -0.4 is 0 Å². The van der Waals surface area contributed by atoms with Crippen LogP contribution in [0.1, 0.15) is 31.4 Å². The highest BCUT2D eigenvalue weighted by molar-refractivity contribution is 5.82. The van der Waals surface area contributed by atoms with Gasteiger partial charge in [-0.05, 0) is 57.1 Å². The number of methoxy groups -OCH3 is 1. The molecule has 28 heavy (non-hydrogen) atoms. The van der Waals surface area contributed by atoms with Crippen molar-refractivity contribution in [3.05, 3.63) is 59.8 Å². The van der Waals surface area contributed by atoms with Crippen LogP contribution >= 0.6 is 0 Å². The zero-order chi connectivity index (χ0) is 20.1. The van der Waals surface area contributed by atoms with E-state index in [-0.39, 0.29) is 12.0 Å². The van der Waals surface area contributed by atoms with Gasteiger partial charge in [-0.2, -0.15) is 0 Å². The average molecular weight is 384 g/mol. The van der Waals surface area contributed by atoms with Gasteiger partial charge in [-0.25, -0.2) is 4.79 Å². The number of piperidine rings is 1. The van der Waals surface area contributed by atoms with Gasteiger partial charge in [0.25, 0.3) is 0 Å². The zero-order valence-corrected chi connectivity index (χ0v) is 16.8. The minimum absolute atomic E-state index is 0.183. The van der Waals surface area contributed by atoms with Crippen LogP contribution in [0.25, 0.3) is 0 Å². The van der Waals surface area contributed by atoms with Crippen LogP contribution in [-0.2, 0) is 14.3 Å². The Bertz CT molecular complexity index is 764. The van der Waals surface area contributed by atoms with Crippen LogP contribution in [0.3, 0.4) is 0 Å². The number of hydrogen-bond donors (Lipinski definition) is 0. The van der Waals surface area contributed by atoms with E-state index in [0.717, 1.165) is 24.2 Å². The maximum atomic E-state index is 13.0. The lowest BCUT2D eigenvalue weighted by Crippen LogP contribution is -2.46. The molecule has 0 saturated carbocycles. The molecule has 150 valence electrons. The van der Waals surface area contributed by atoms with E-state index in [0.29, 0.717) is 19.4 Å². The minimum Gasteiger partial charge on any atom is -0.465 e. The monoisotopic (exact) mass is 384 g/mol. The zero-order valence-electron chi connectivity index (χ0n) is 16.8. The normalized spacial score (nSPS) is 21.8. The second-order valence-corrected chi connectivity index (χ2v) is 7.28. The van der Waals surface area contributed by atoms with E-state index in [1.165, 1.54) is 7.11 Å². The van der Waals surface area contributed by atoms with Crippen LogP contribution in [0.4, 0.5) is 4.79 Å². The van der Waals surface area contributed by atoms with Crippen LogP contribution in [0.15, 0.2) is 54.3 Å². The van der Waals surface area contributed by atoms with Crippen LogP contribution in [0.2, 0.25) is 0 Å². The summed E-state index contributed by atoms with van der Waals surface area (Å²) in [7, 11) is 3.43. The third kappa shape index (κ3) is 3.83. The molecule has 6 nitrogen and oxygen atoms in total. The van der Waals surface area contributed by atoms with Crippen molar-refractivity contribution in [2.75, 3.05) is 33.9 Å². The highest BCUT2D eigenvalue weighted by Crippen LogP contribution is 2.44. The number of carbonyl (C=O) groups excluding carboxylic acids is 2. The van der Waals surface area contributed by atoms with Gasteiger partial charge in [-0.15, -0.1) is 0 Å². The molecule has 2 aliphatic heterocycles. The Morgan fingerprint density at radius 2 is 1.86 bits per heavy atom. The maximum absolute atomic E-state index is 13.0. The van der Waals surface area contributed by atoms with Gasteiger partial charge in [-0.1, -0.05) is 36.4 Å². The molecule has 3 rings (SSSR count). The number of amides is 1. The number of benzene rings is 1. The summed E-state index contributed by atoms with van der Waals surface area (Å²) in [5.74, 6) is -0.183. The maximum Gasteiger partial charge on any atom is 0.414 e. The SMILES string of the molecule is CCOC(=O)C1(C2=CC(c3ccccc3)N(C(=O)OC)C=C2)CCN(C)CC1. The molecule has 1 aromatic carbocycles. The number of allylic oxidation sites excluding steroid dienone is 1. The predicted molar refractivity (Wildman–Crippen MR) is 106 cm³/mol. The number of hydrogen-bond acceptors (Lipinski definition) is 5. The first-order valence-electron chi connectivity index (χ1n) is 9.69. The number of carbonyl (C=O) groups is 2. The summed E-state index contributed by atoms with van der Waals surface area (Å²) >= 11 is 0. The summed E-state index contributed by atoms with van der Waals surface area (Å²) < 4.78 is 10.4. The number of rotatable bonds is 4. The molecule has 1 aromatic rings. The molecular weight excluding hydrogens is 356 g/mol. The lowest BCUT2D eigenvalue weighted by molar-refractivity contribution is -0.155. The highest BCUT2D eigenvalue weighted by atomic mass is 16.5. The Labute approximate surface area is 166 Å². The Balaban J connectivity index is 2.03. The molecule has 0 aromatic heterocycles. The van der Waals surface area contributed by atoms with Gasteiger partial charge < -0.3 is 14.4 Å². The first-order chi connectivity index (χ1) is 13.5. The summed E-state index contributed by atoms with van der Waals surface area (Å²) in [6.45, 7) is 3.82. The van der Waals surface area contributed by atoms with Gasteiger partial charge in [0.05, 0.1) is 25.2 Å². The number of nitrogens with zero attached hydrogens (tertiary/aromatic N) is 2. The first-order valence-corrected chi connectivity index (χ1v) is 9.69. The summed E-state index contributed by atoms with van der Waals surface area (Å²) in [6.07, 6.45) is 6.54. The third-order valence-corrected chi connectivity index (χ3v) is 5.64. The van der Waals surface area contributed by atoms with Crippen molar-refractivity contribution in [3.63, 3.8) is 0 Å². The van der Waals surface area contributed by atoms with Gasteiger partial charge in [-0.3, -0.25) is 9.69 Å². The quantitative estimate of drug-likeness (QED) is 0.744. The summed E-state index contributed by atoms with van der Waals surface area (Å²) in [5.41, 5.74) is 1.18. The molecule has 1 unspecified atom stereocenters. The highest BCUT2D eigenvalue weighted by Gasteiger charge is 2.46. The van der Waals surface area contributed by atoms with Crippen molar-refractivity contribution in [2.45, 2.75) is 25.8 Å². The molecule has 0 spiro atoms. The van der Waals surface area contributed by atoms with Crippen LogP contribution in [0, 0.1) is 5.41 Å². The Morgan fingerprint density at radius 1 is 1.18 bits per heavy atom. The van der Waals surface area contributed by atoms with Crippen molar-refractivity contribution in [3.8, 4) is 0 Å². The molecule has 1 saturated heterocycles. The molecule has 0 radical (unpaired) electrons. The fraction of sp³-hybridized carbons (Fsp3) is 0.455. The van der Waals surface area contributed by atoms with Crippen molar-refractivity contribution in [2.24, 2.45) is 5.41 Å². The van der Waals surface area contributed by atoms with E-state index in [4.69, 9.17) is 9.47 Å². The van der Waals surface area contributed by atoms with Crippen molar-refractivity contribution >= 4 is 12.1 Å².